The van der Waals surface area contributed by atoms with Gasteiger partial charge in [-0.15, -0.1) is 0 Å². The standard InChI is InChI=1S/C7H11N.C2H6/c1-8-6-4-2-3-5-7-8;1-2/h2-5H,6-7H2,1H3;1-2H3. The topological polar surface area (TPSA) is 3.24 Å². The lowest BCUT2D eigenvalue weighted by atomic mass is 10.5. The van der Waals surface area contributed by atoms with E-state index in [9.17, 15) is 0 Å². The van der Waals surface area contributed by atoms with Gasteiger partial charge in [-0.2, -0.15) is 0 Å². The fraction of sp³-hybridized carbons (Fsp3) is 0.556. The molecule has 0 amide bonds. The van der Waals surface area contributed by atoms with Crippen molar-refractivity contribution >= 4 is 0 Å². The van der Waals surface area contributed by atoms with Crippen LogP contribution in [-0.2, 0) is 0 Å². The minimum atomic E-state index is 1.08. The van der Waals surface area contributed by atoms with Crippen molar-refractivity contribution in [2.45, 2.75) is 13.8 Å². The van der Waals surface area contributed by atoms with Crippen LogP contribution >= 0.6 is 0 Å². The lowest BCUT2D eigenvalue weighted by Gasteiger charge is -2.07. The lowest BCUT2D eigenvalue weighted by molar-refractivity contribution is 0.414. The van der Waals surface area contributed by atoms with Crippen LogP contribution in [0.15, 0.2) is 24.3 Å². The van der Waals surface area contributed by atoms with Crippen molar-refractivity contribution in [2.24, 2.45) is 0 Å². The minimum Gasteiger partial charge on any atom is -0.299 e. The Labute approximate surface area is 64.0 Å². The van der Waals surface area contributed by atoms with Crippen LogP contribution in [0.2, 0.25) is 0 Å². The second kappa shape index (κ2) is 6.56. The lowest BCUT2D eigenvalue weighted by Crippen LogP contribution is -2.16. The van der Waals surface area contributed by atoms with Crippen molar-refractivity contribution in [1.82, 2.24) is 4.90 Å². The summed E-state index contributed by atoms with van der Waals surface area (Å²) in [6.07, 6.45) is 8.49. The Kier molecular flexibility index (Phi) is 6.19. The molecule has 0 aliphatic carbocycles. The summed E-state index contributed by atoms with van der Waals surface area (Å²) >= 11 is 0. The first-order valence-corrected chi connectivity index (χ1v) is 3.90. The van der Waals surface area contributed by atoms with Crippen molar-refractivity contribution in [1.29, 1.82) is 0 Å². The van der Waals surface area contributed by atoms with Crippen molar-refractivity contribution < 1.29 is 0 Å². The highest BCUT2D eigenvalue weighted by Crippen LogP contribution is 1.90. The summed E-state index contributed by atoms with van der Waals surface area (Å²) in [4.78, 5) is 2.25. The fourth-order valence-corrected chi connectivity index (χ4v) is 0.713. The zero-order chi connectivity index (χ0) is 7.82. The van der Waals surface area contributed by atoms with E-state index in [-0.39, 0.29) is 0 Å². The zero-order valence-corrected chi connectivity index (χ0v) is 7.17. The van der Waals surface area contributed by atoms with Gasteiger partial charge in [0.05, 0.1) is 0 Å². The summed E-state index contributed by atoms with van der Waals surface area (Å²) in [7, 11) is 2.11. The van der Waals surface area contributed by atoms with Crippen LogP contribution in [0.1, 0.15) is 13.8 Å². The highest BCUT2D eigenvalue weighted by molar-refractivity contribution is 5.06. The molecule has 10 heavy (non-hydrogen) atoms. The van der Waals surface area contributed by atoms with Crippen molar-refractivity contribution in [3.63, 3.8) is 0 Å². The average Bonchev–Trinajstić information content (AvgIpc) is 2.21. The number of hydrogen-bond donors (Lipinski definition) is 0. The number of allylic oxidation sites excluding steroid dienone is 2. The van der Waals surface area contributed by atoms with Crippen LogP contribution in [0.25, 0.3) is 0 Å². The molecule has 0 spiro atoms. The molecule has 1 rings (SSSR count). The van der Waals surface area contributed by atoms with Gasteiger partial charge in [0.15, 0.2) is 0 Å². The van der Waals surface area contributed by atoms with Gasteiger partial charge in [0.2, 0.25) is 0 Å². The van der Waals surface area contributed by atoms with Crippen LogP contribution in [-0.4, -0.2) is 25.0 Å². The fourth-order valence-electron chi connectivity index (χ4n) is 0.713. The molecule has 0 unspecified atom stereocenters. The monoisotopic (exact) mass is 139 g/mol. The van der Waals surface area contributed by atoms with Crippen molar-refractivity contribution in [3.05, 3.63) is 24.3 Å². The highest BCUT2D eigenvalue weighted by Gasteiger charge is 1.90. The van der Waals surface area contributed by atoms with E-state index < -0.39 is 0 Å². The van der Waals surface area contributed by atoms with E-state index in [0.717, 1.165) is 13.1 Å². The second-order valence-electron chi connectivity index (χ2n) is 2.08. The van der Waals surface area contributed by atoms with Gasteiger partial charge in [-0.25, -0.2) is 0 Å². The van der Waals surface area contributed by atoms with Crippen molar-refractivity contribution in [3.8, 4) is 0 Å². The maximum absolute atomic E-state index is 2.25. The van der Waals surface area contributed by atoms with E-state index in [4.69, 9.17) is 0 Å². The first-order valence-electron chi connectivity index (χ1n) is 3.90. The molecule has 0 aromatic rings. The van der Waals surface area contributed by atoms with Gasteiger partial charge in [-0.3, -0.25) is 4.90 Å². The van der Waals surface area contributed by atoms with Crippen LogP contribution < -0.4 is 0 Å². The maximum atomic E-state index is 2.25. The molecule has 1 heterocycles. The van der Waals surface area contributed by atoms with E-state index in [1.165, 1.54) is 0 Å². The third-order valence-corrected chi connectivity index (χ3v) is 1.22. The molecule has 0 saturated heterocycles. The molecule has 0 radical (unpaired) electrons. The quantitative estimate of drug-likeness (QED) is 0.496. The molecule has 0 aromatic carbocycles. The van der Waals surface area contributed by atoms with Gasteiger partial charge < -0.3 is 0 Å². The minimum absolute atomic E-state index is 1.08. The Morgan fingerprint density at radius 2 is 1.40 bits per heavy atom. The molecule has 1 aliphatic heterocycles. The Morgan fingerprint density at radius 3 is 1.80 bits per heavy atom. The first-order chi connectivity index (χ1) is 4.89. The Balaban J connectivity index is 0.000000371. The van der Waals surface area contributed by atoms with Gasteiger partial charge in [0.1, 0.15) is 0 Å². The van der Waals surface area contributed by atoms with Crippen LogP contribution in [0.4, 0.5) is 0 Å². The van der Waals surface area contributed by atoms with Crippen LogP contribution in [0.5, 0.6) is 0 Å². The van der Waals surface area contributed by atoms with E-state index in [1.54, 1.807) is 0 Å². The predicted molar refractivity (Wildman–Crippen MR) is 47.1 cm³/mol. The first kappa shape index (κ1) is 9.44. The molecule has 0 bridgehead atoms. The predicted octanol–water partition coefficient (Wildman–Crippen LogP) is 2.07. The SMILES string of the molecule is CC.CN1CC=CC=CC1. The normalized spacial score (nSPS) is 17.5. The zero-order valence-electron chi connectivity index (χ0n) is 7.17. The van der Waals surface area contributed by atoms with Gasteiger partial charge in [-0.1, -0.05) is 38.2 Å². The molecule has 0 aromatic heterocycles. The van der Waals surface area contributed by atoms with Crippen LogP contribution in [0, 0.1) is 0 Å². The number of likely N-dealkylation sites (N-methyl/N-ethyl adjacent to an activating group) is 1. The number of rotatable bonds is 0. The Morgan fingerprint density at radius 1 is 1.00 bits per heavy atom. The molecule has 0 atom stereocenters. The van der Waals surface area contributed by atoms with Crippen molar-refractivity contribution in [2.75, 3.05) is 20.1 Å². The molecule has 0 N–H and O–H groups in total. The second-order valence-corrected chi connectivity index (χ2v) is 2.08. The van der Waals surface area contributed by atoms with Gasteiger partial charge in [0, 0.05) is 13.1 Å². The molecular formula is C9H17N. The van der Waals surface area contributed by atoms with Gasteiger partial charge >= 0.3 is 0 Å². The molecule has 1 aliphatic rings. The summed E-state index contributed by atoms with van der Waals surface area (Å²) in [6, 6.07) is 0. The number of nitrogens with zero attached hydrogens (tertiary/aromatic N) is 1. The highest BCUT2D eigenvalue weighted by atomic mass is 15.1. The smallest absolute Gasteiger partial charge is 0.0166 e. The molecule has 1 nitrogen and oxygen atoms in total. The molecule has 0 fully saturated rings. The molecule has 1 heteroatoms. The third-order valence-electron chi connectivity index (χ3n) is 1.22. The number of hydrogen-bond acceptors (Lipinski definition) is 1. The van der Waals surface area contributed by atoms with Gasteiger partial charge in [0.25, 0.3) is 0 Å². The average molecular weight is 139 g/mol. The largest absolute Gasteiger partial charge is 0.299 e. The van der Waals surface area contributed by atoms with E-state index in [2.05, 4.69) is 36.3 Å². The summed E-state index contributed by atoms with van der Waals surface area (Å²) in [6.45, 7) is 6.15. The van der Waals surface area contributed by atoms with E-state index in [1.807, 2.05) is 13.8 Å². The summed E-state index contributed by atoms with van der Waals surface area (Å²) < 4.78 is 0. The summed E-state index contributed by atoms with van der Waals surface area (Å²) in [5, 5.41) is 0. The summed E-state index contributed by atoms with van der Waals surface area (Å²) in [5.41, 5.74) is 0. The van der Waals surface area contributed by atoms with Gasteiger partial charge in [-0.05, 0) is 7.05 Å². The molecule has 58 valence electrons. The Hall–Kier alpha value is -0.560. The van der Waals surface area contributed by atoms with Crippen LogP contribution in [0.3, 0.4) is 0 Å². The molecule has 0 saturated carbocycles. The third kappa shape index (κ3) is 4.33. The molecular weight excluding hydrogens is 122 g/mol. The summed E-state index contributed by atoms with van der Waals surface area (Å²) in [5.74, 6) is 0. The Bertz CT molecular complexity index is 99.9. The van der Waals surface area contributed by atoms with E-state index >= 15 is 0 Å². The van der Waals surface area contributed by atoms with E-state index in [0.29, 0.717) is 0 Å². The maximum Gasteiger partial charge on any atom is 0.0166 e.